The first-order valence-corrected chi connectivity index (χ1v) is 8.46. The van der Waals surface area contributed by atoms with E-state index in [0.717, 1.165) is 28.4 Å². The van der Waals surface area contributed by atoms with E-state index in [0.29, 0.717) is 15.8 Å². The highest BCUT2D eigenvalue weighted by atomic mass is 35.5. The molecule has 0 unspecified atom stereocenters. The van der Waals surface area contributed by atoms with Gasteiger partial charge in [-0.15, -0.1) is 11.8 Å². The lowest BCUT2D eigenvalue weighted by molar-refractivity contribution is 0.102. The highest BCUT2D eigenvalue weighted by molar-refractivity contribution is 8.00. The molecular weight excluding hydrogens is 325 g/mol. The number of hydrogen-bond acceptors (Lipinski definition) is 2. The van der Waals surface area contributed by atoms with E-state index in [4.69, 9.17) is 23.2 Å². The zero-order chi connectivity index (χ0) is 15.6. The van der Waals surface area contributed by atoms with Crippen LogP contribution in [0.5, 0.6) is 0 Å². The van der Waals surface area contributed by atoms with Crippen LogP contribution in [0.1, 0.15) is 28.7 Å². The quantitative estimate of drug-likeness (QED) is 0.536. The summed E-state index contributed by atoms with van der Waals surface area (Å²) in [5.74, 6) is 0.533. The number of nitrogens with zero attached hydrogens (tertiary/aromatic N) is 1. The summed E-state index contributed by atoms with van der Waals surface area (Å²) in [6.45, 7) is 6.98. The number of ketones is 1. The number of rotatable bonds is 5. The Morgan fingerprint density at radius 2 is 1.90 bits per heavy atom. The predicted molar refractivity (Wildman–Crippen MR) is 91.1 cm³/mol. The fourth-order valence-electron chi connectivity index (χ4n) is 2.36. The summed E-state index contributed by atoms with van der Waals surface area (Å²) in [7, 11) is 0. The molecule has 5 heteroatoms. The highest BCUT2D eigenvalue weighted by Crippen LogP contribution is 2.28. The molecule has 112 valence electrons. The van der Waals surface area contributed by atoms with Crippen LogP contribution < -0.4 is 0 Å². The summed E-state index contributed by atoms with van der Waals surface area (Å²) >= 11 is 13.3. The molecule has 0 amide bonds. The van der Waals surface area contributed by atoms with Gasteiger partial charge in [0.25, 0.3) is 0 Å². The molecule has 1 heterocycles. The van der Waals surface area contributed by atoms with Crippen LogP contribution in [-0.4, -0.2) is 16.1 Å². The number of hydrogen-bond donors (Lipinski definition) is 0. The zero-order valence-corrected chi connectivity index (χ0v) is 14.6. The molecule has 0 saturated heterocycles. The van der Waals surface area contributed by atoms with Crippen LogP contribution in [0.25, 0.3) is 0 Å². The van der Waals surface area contributed by atoms with E-state index in [1.807, 2.05) is 26.0 Å². The Bertz CT molecular complexity index is 679. The van der Waals surface area contributed by atoms with Gasteiger partial charge >= 0.3 is 0 Å². The minimum Gasteiger partial charge on any atom is -0.349 e. The van der Waals surface area contributed by atoms with E-state index < -0.39 is 0 Å². The first-order valence-electron chi connectivity index (χ1n) is 6.71. The largest absolute Gasteiger partial charge is 0.349 e. The molecule has 0 atom stereocenters. The van der Waals surface area contributed by atoms with E-state index in [-0.39, 0.29) is 5.78 Å². The van der Waals surface area contributed by atoms with E-state index >= 15 is 0 Å². The van der Waals surface area contributed by atoms with Gasteiger partial charge < -0.3 is 4.57 Å². The molecule has 2 nitrogen and oxygen atoms in total. The summed E-state index contributed by atoms with van der Waals surface area (Å²) in [5, 5.41) is 1.04. The zero-order valence-electron chi connectivity index (χ0n) is 12.2. The monoisotopic (exact) mass is 341 g/mol. The van der Waals surface area contributed by atoms with Gasteiger partial charge in [-0.25, -0.2) is 0 Å². The van der Waals surface area contributed by atoms with E-state index in [9.17, 15) is 4.79 Å². The van der Waals surface area contributed by atoms with Gasteiger partial charge in [0.15, 0.2) is 5.78 Å². The van der Waals surface area contributed by atoms with Gasteiger partial charge in [-0.05, 0) is 45.0 Å². The highest BCUT2D eigenvalue weighted by Gasteiger charge is 2.15. The van der Waals surface area contributed by atoms with Crippen LogP contribution >= 0.6 is 35.0 Å². The number of benzene rings is 1. The molecule has 0 aliphatic carbocycles. The van der Waals surface area contributed by atoms with Crippen molar-refractivity contribution in [1.82, 2.24) is 4.57 Å². The summed E-state index contributed by atoms with van der Waals surface area (Å²) in [6.07, 6.45) is 0. The topological polar surface area (TPSA) is 22.0 Å². The van der Waals surface area contributed by atoms with Gasteiger partial charge in [0.1, 0.15) is 0 Å². The van der Waals surface area contributed by atoms with E-state index in [1.54, 1.807) is 12.1 Å². The molecule has 0 fully saturated rings. The van der Waals surface area contributed by atoms with Crippen LogP contribution in [0.2, 0.25) is 10.0 Å². The van der Waals surface area contributed by atoms with Crippen LogP contribution in [0.4, 0.5) is 0 Å². The Morgan fingerprint density at radius 1 is 1.19 bits per heavy atom. The summed E-state index contributed by atoms with van der Waals surface area (Å²) in [5.41, 5.74) is 2.97. The van der Waals surface area contributed by atoms with Crippen molar-refractivity contribution in [1.29, 1.82) is 0 Å². The molecule has 2 aromatic rings. The van der Waals surface area contributed by atoms with Gasteiger partial charge in [-0.2, -0.15) is 0 Å². The van der Waals surface area contributed by atoms with Crippen LogP contribution in [0.15, 0.2) is 29.2 Å². The Hall–Kier alpha value is -0.900. The Morgan fingerprint density at radius 3 is 2.48 bits per heavy atom. The first kappa shape index (κ1) is 16.5. The normalized spacial score (nSPS) is 10.9. The Kier molecular flexibility index (Phi) is 5.42. The number of halogens is 2. The Labute approximate surface area is 139 Å². The number of Topliss-reactive ketones (excluding diaryl/α,β-unsaturated/α-hetero) is 1. The fraction of sp³-hybridized carbons (Fsp3) is 0.312. The Balaban J connectivity index is 2.10. The summed E-state index contributed by atoms with van der Waals surface area (Å²) < 4.78 is 2.15. The van der Waals surface area contributed by atoms with Crippen molar-refractivity contribution >= 4 is 40.7 Å². The molecule has 21 heavy (non-hydrogen) atoms. The lowest BCUT2D eigenvalue weighted by atomic mass is 10.2. The van der Waals surface area contributed by atoms with Crippen molar-refractivity contribution < 1.29 is 4.79 Å². The maximum absolute atomic E-state index is 12.4. The van der Waals surface area contributed by atoms with Gasteiger partial charge in [-0.1, -0.05) is 23.2 Å². The molecule has 1 aromatic heterocycles. The molecular formula is C16H17Cl2NOS. The second-order valence-electron chi connectivity index (χ2n) is 4.82. The number of aromatic nitrogens is 1. The lowest BCUT2D eigenvalue weighted by Crippen LogP contribution is -2.05. The third-order valence-electron chi connectivity index (χ3n) is 3.45. The molecule has 0 saturated carbocycles. The third kappa shape index (κ3) is 3.65. The standard InChI is InChI=1S/C16H17Cl2NOS/c1-4-19-10(2)7-13(11(19)3)16(20)9-21-12-5-6-14(17)15(18)8-12/h5-8H,4,9H2,1-3H3. The van der Waals surface area contributed by atoms with Gasteiger partial charge in [0.2, 0.25) is 0 Å². The summed E-state index contributed by atoms with van der Waals surface area (Å²) in [4.78, 5) is 13.3. The molecule has 1 aromatic carbocycles. The fourth-order valence-corrected chi connectivity index (χ4v) is 3.54. The lowest BCUT2D eigenvalue weighted by Gasteiger charge is -2.06. The van der Waals surface area contributed by atoms with Gasteiger partial charge in [-0.3, -0.25) is 4.79 Å². The molecule has 2 rings (SSSR count). The molecule has 0 aliphatic heterocycles. The maximum atomic E-state index is 12.4. The number of thioether (sulfide) groups is 1. The van der Waals surface area contributed by atoms with Crippen molar-refractivity contribution in [2.45, 2.75) is 32.2 Å². The second kappa shape index (κ2) is 6.91. The summed E-state index contributed by atoms with van der Waals surface area (Å²) in [6, 6.07) is 7.38. The van der Waals surface area contributed by atoms with E-state index in [1.165, 1.54) is 11.8 Å². The second-order valence-corrected chi connectivity index (χ2v) is 6.68. The van der Waals surface area contributed by atoms with Crippen molar-refractivity contribution in [3.63, 3.8) is 0 Å². The average Bonchev–Trinajstić information content (AvgIpc) is 2.74. The predicted octanol–water partition coefficient (Wildman–Crippen LogP) is 5.41. The maximum Gasteiger partial charge on any atom is 0.174 e. The SMILES string of the molecule is CCn1c(C)cc(C(=O)CSc2ccc(Cl)c(Cl)c2)c1C. The number of carbonyl (C=O) groups is 1. The van der Waals surface area contributed by atoms with Gasteiger partial charge in [0, 0.05) is 28.4 Å². The van der Waals surface area contributed by atoms with Crippen molar-refractivity contribution in [2.24, 2.45) is 0 Å². The minimum atomic E-state index is 0.138. The van der Waals surface area contributed by atoms with Crippen molar-refractivity contribution in [3.8, 4) is 0 Å². The van der Waals surface area contributed by atoms with Crippen LogP contribution in [0, 0.1) is 13.8 Å². The smallest absolute Gasteiger partial charge is 0.174 e. The number of carbonyl (C=O) groups excluding carboxylic acids is 1. The van der Waals surface area contributed by atoms with Crippen molar-refractivity contribution in [3.05, 3.63) is 51.3 Å². The van der Waals surface area contributed by atoms with Gasteiger partial charge in [0.05, 0.1) is 15.8 Å². The molecule has 0 aliphatic rings. The van der Waals surface area contributed by atoms with Crippen LogP contribution in [-0.2, 0) is 6.54 Å². The number of aryl methyl sites for hydroxylation is 1. The van der Waals surface area contributed by atoms with Crippen LogP contribution in [0.3, 0.4) is 0 Å². The molecule has 0 bridgehead atoms. The third-order valence-corrected chi connectivity index (χ3v) is 5.18. The molecule has 0 spiro atoms. The minimum absolute atomic E-state index is 0.138. The van der Waals surface area contributed by atoms with Crippen molar-refractivity contribution in [2.75, 3.05) is 5.75 Å². The first-order chi connectivity index (χ1) is 9.93. The van der Waals surface area contributed by atoms with E-state index in [2.05, 4.69) is 11.5 Å². The average molecular weight is 342 g/mol. The molecule has 0 radical (unpaired) electrons. The molecule has 0 N–H and O–H groups in total.